The molecule has 6 aromatic carbocycles. The summed E-state index contributed by atoms with van der Waals surface area (Å²) in [6.07, 6.45) is 7.62. The molecule has 9 aromatic rings. The quantitative estimate of drug-likeness (QED) is 0.177. The first kappa shape index (κ1) is 30.1. The number of imidazole rings is 3. The molecule has 1 unspecified atom stereocenters. The van der Waals surface area contributed by atoms with Crippen molar-refractivity contribution in [2.24, 2.45) is 5.92 Å². The van der Waals surface area contributed by atoms with Crippen molar-refractivity contribution in [2.45, 2.75) is 13.3 Å². The third-order valence-corrected chi connectivity index (χ3v) is 10.1. The Morgan fingerprint density at radius 2 is 0.846 bits per heavy atom. The Labute approximate surface area is 301 Å². The van der Waals surface area contributed by atoms with Gasteiger partial charge in [0, 0.05) is 39.7 Å². The van der Waals surface area contributed by atoms with Gasteiger partial charge in [-0.25, -0.2) is 15.0 Å². The summed E-state index contributed by atoms with van der Waals surface area (Å²) in [7, 11) is 0. The van der Waals surface area contributed by atoms with Gasteiger partial charge in [0.2, 0.25) is 0 Å². The van der Waals surface area contributed by atoms with E-state index in [0.29, 0.717) is 5.92 Å². The van der Waals surface area contributed by atoms with E-state index in [1.54, 1.807) is 0 Å². The molecule has 52 heavy (non-hydrogen) atoms. The largest absolute Gasteiger partial charge is 0.296 e. The van der Waals surface area contributed by atoms with Gasteiger partial charge in [-0.3, -0.25) is 13.7 Å². The van der Waals surface area contributed by atoms with Crippen molar-refractivity contribution in [3.8, 4) is 45.5 Å². The van der Waals surface area contributed by atoms with Crippen LogP contribution >= 0.6 is 0 Å². The molecule has 248 valence electrons. The molecule has 6 heteroatoms. The van der Waals surface area contributed by atoms with E-state index in [1.807, 2.05) is 12.1 Å². The Balaban J connectivity index is 1.31. The molecular weight excluding hydrogens is 637 g/mol. The maximum absolute atomic E-state index is 5.35. The number of fused-ring (bicyclic) bond motifs is 3. The zero-order valence-electron chi connectivity index (χ0n) is 28.6. The van der Waals surface area contributed by atoms with Crippen LogP contribution in [-0.4, -0.2) is 28.7 Å². The first-order valence-electron chi connectivity index (χ1n) is 17.8. The first-order chi connectivity index (χ1) is 25.7. The average Bonchev–Trinajstić information content (AvgIpc) is 3.91. The number of rotatable bonds is 6. The normalized spacial score (nSPS) is 14.4. The van der Waals surface area contributed by atoms with Crippen LogP contribution in [0.4, 0.5) is 0 Å². The Bertz CT molecular complexity index is 2700. The molecule has 1 aliphatic rings. The molecule has 0 saturated carbocycles. The lowest BCUT2D eigenvalue weighted by atomic mass is 9.98. The van der Waals surface area contributed by atoms with Crippen molar-refractivity contribution in [1.82, 2.24) is 28.7 Å². The predicted octanol–water partition coefficient (Wildman–Crippen LogP) is 11.2. The number of aromatic nitrogens is 6. The minimum absolute atomic E-state index is 0.327. The number of nitrogens with zero attached hydrogens (tertiary/aromatic N) is 6. The summed E-state index contributed by atoms with van der Waals surface area (Å²) in [6.45, 7) is 2.29. The van der Waals surface area contributed by atoms with Crippen LogP contribution in [0.15, 0.2) is 170 Å². The zero-order chi connectivity index (χ0) is 34.6. The van der Waals surface area contributed by atoms with E-state index in [1.165, 1.54) is 5.70 Å². The monoisotopic (exact) mass is 670 g/mol. The van der Waals surface area contributed by atoms with E-state index in [9.17, 15) is 0 Å². The second-order valence-corrected chi connectivity index (χ2v) is 13.4. The molecule has 0 fully saturated rings. The molecule has 6 nitrogen and oxygen atoms in total. The number of para-hydroxylation sites is 8. The zero-order valence-corrected chi connectivity index (χ0v) is 28.6. The lowest BCUT2D eigenvalue weighted by molar-refractivity contribution is 0.720. The molecule has 1 atom stereocenters. The standard InChI is InChI=1S/C46H34N6/c1-31-16-8-12-24-40(31)52-43-27-15-11-23-39(43)49-46(52)34-29-32(44-47-37-21-9-13-25-41(37)50(44)35-17-4-2-5-18-35)28-33(30-34)45-48-38-22-10-14-26-42(38)51(45)36-19-6-3-7-20-36/h2-15,17-31H,16H2,1H3. The molecule has 3 aromatic heterocycles. The summed E-state index contributed by atoms with van der Waals surface area (Å²) < 4.78 is 6.88. The lowest BCUT2D eigenvalue weighted by Gasteiger charge is -2.21. The van der Waals surface area contributed by atoms with Crippen molar-refractivity contribution in [3.63, 3.8) is 0 Å². The third-order valence-electron chi connectivity index (χ3n) is 10.1. The van der Waals surface area contributed by atoms with E-state index in [-0.39, 0.29) is 0 Å². The average molecular weight is 671 g/mol. The van der Waals surface area contributed by atoms with Crippen LogP contribution in [0.3, 0.4) is 0 Å². The van der Waals surface area contributed by atoms with Crippen LogP contribution in [-0.2, 0) is 0 Å². The van der Waals surface area contributed by atoms with Crippen molar-refractivity contribution in [3.05, 3.63) is 170 Å². The number of hydrogen-bond acceptors (Lipinski definition) is 3. The predicted molar refractivity (Wildman–Crippen MR) is 212 cm³/mol. The van der Waals surface area contributed by atoms with E-state index >= 15 is 0 Å². The highest BCUT2D eigenvalue weighted by Crippen LogP contribution is 2.40. The molecule has 0 spiro atoms. The topological polar surface area (TPSA) is 53.5 Å². The van der Waals surface area contributed by atoms with Crippen molar-refractivity contribution >= 4 is 38.8 Å². The molecule has 1 aliphatic carbocycles. The molecule has 10 rings (SSSR count). The first-order valence-corrected chi connectivity index (χ1v) is 17.8. The van der Waals surface area contributed by atoms with E-state index in [2.05, 4.69) is 178 Å². The highest BCUT2D eigenvalue weighted by molar-refractivity contribution is 5.91. The fourth-order valence-corrected chi connectivity index (χ4v) is 7.64. The fourth-order valence-electron chi connectivity index (χ4n) is 7.64. The van der Waals surface area contributed by atoms with Crippen molar-refractivity contribution in [1.29, 1.82) is 0 Å². The maximum Gasteiger partial charge on any atom is 0.145 e. The van der Waals surface area contributed by atoms with Gasteiger partial charge in [-0.15, -0.1) is 0 Å². The summed E-state index contributed by atoms with van der Waals surface area (Å²) in [5.74, 6) is 2.93. The second kappa shape index (κ2) is 12.2. The summed E-state index contributed by atoms with van der Waals surface area (Å²) in [4.78, 5) is 16.0. The third kappa shape index (κ3) is 4.91. The maximum atomic E-state index is 5.35. The summed E-state index contributed by atoms with van der Waals surface area (Å²) >= 11 is 0. The van der Waals surface area contributed by atoms with Crippen LogP contribution < -0.4 is 0 Å². The summed E-state index contributed by atoms with van der Waals surface area (Å²) in [6, 6.07) is 52.9. The van der Waals surface area contributed by atoms with E-state index in [4.69, 9.17) is 15.0 Å². The number of hydrogen-bond donors (Lipinski definition) is 0. The molecule has 0 saturated heterocycles. The Kier molecular flexibility index (Phi) is 7.06. The molecule has 3 heterocycles. The minimum Gasteiger partial charge on any atom is -0.296 e. The molecular formula is C46H34N6. The summed E-state index contributed by atoms with van der Waals surface area (Å²) in [5, 5.41) is 0. The van der Waals surface area contributed by atoms with Crippen LogP contribution in [0.2, 0.25) is 0 Å². The number of benzene rings is 6. The van der Waals surface area contributed by atoms with Crippen LogP contribution in [0.25, 0.3) is 84.3 Å². The van der Waals surface area contributed by atoms with Gasteiger partial charge in [-0.1, -0.05) is 91.9 Å². The van der Waals surface area contributed by atoms with Gasteiger partial charge >= 0.3 is 0 Å². The van der Waals surface area contributed by atoms with Gasteiger partial charge < -0.3 is 0 Å². The van der Waals surface area contributed by atoms with Crippen LogP contribution in [0.1, 0.15) is 13.3 Å². The van der Waals surface area contributed by atoms with Gasteiger partial charge in [0.1, 0.15) is 17.5 Å². The van der Waals surface area contributed by atoms with Crippen LogP contribution in [0.5, 0.6) is 0 Å². The Morgan fingerprint density at radius 1 is 0.462 bits per heavy atom. The molecule has 0 radical (unpaired) electrons. The fraction of sp³-hybridized carbons (Fsp3) is 0.0652. The highest BCUT2D eigenvalue weighted by atomic mass is 15.1. The van der Waals surface area contributed by atoms with Crippen LogP contribution in [0, 0.1) is 5.92 Å². The molecule has 0 amide bonds. The molecule has 0 aliphatic heterocycles. The van der Waals surface area contributed by atoms with Gasteiger partial charge in [0.25, 0.3) is 0 Å². The lowest BCUT2D eigenvalue weighted by Crippen LogP contribution is -2.09. The van der Waals surface area contributed by atoms with E-state index in [0.717, 1.165) is 85.1 Å². The molecule has 0 bridgehead atoms. The van der Waals surface area contributed by atoms with Crippen molar-refractivity contribution < 1.29 is 0 Å². The van der Waals surface area contributed by atoms with E-state index < -0.39 is 0 Å². The summed E-state index contributed by atoms with van der Waals surface area (Å²) in [5.41, 5.74) is 12.3. The van der Waals surface area contributed by atoms with Crippen molar-refractivity contribution in [2.75, 3.05) is 0 Å². The molecule has 0 N–H and O–H groups in total. The minimum atomic E-state index is 0.327. The van der Waals surface area contributed by atoms with Gasteiger partial charge in [0.05, 0.1) is 33.1 Å². The second-order valence-electron chi connectivity index (χ2n) is 13.4. The van der Waals surface area contributed by atoms with Gasteiger partial charge in [-0.05, 0) is 91.4 Å². The van der Waals surface area contributed by atoms with Gasteiger partial charge in [-0.2, -0.15) is 0 Å². The Hall–Kier alpha value is -6.79. The highest BCUT2D eigenvalue weighted by Gasteiger charge is 2.24. The SMILES string of the molecule is CC1CC=CC=C1n1c(-c2cc(-c3nc4ccccc4n3-c3ccccc3)cc(-c3nc4ccccc4n3-c3ccccc3)c2)nc2ccccc21. The number of allylic oxidation sites excluding steroid dienone is 4. The van der Waals surface area contributed by atoms with Gasteiger partial charge in [0.15, 0.2) is 0 Å². The Morgan fingerprint density at radius 3 is 1.29 bits per heavy atom. The smallest absolute Gasteiger partial charge is 0.145 e.